The third-order valence-electron chi connectivity index (χ3n) is 3.28. The molecule has 1 N–H and O–H groups in total. The van der Waals surface area contributed by atoms with Crippen LogP contribution in [0.15, 0.2) is 30.3 Å². The number of rotatable bonds is 7. The second-order valence-corrected chi connectivity index (χ2v) is 8.91. The number of sulfonamides is 1. The van der Waals surface area contributed by atoms with Gasteiger partial charge in [-0.05, 0) is 17.9 Å². The Kier molecular flexibility index (Phi) is 6.32. The minimum atomic E-state index is -3.56. The van der Waals surface area contributed by atoms with Gasteiger partial charge in [0.15, 0.2) is 5.78 Å². The lowest BCUT2D eigenvalue weighted by molar-refractivity contribution is -0.128. The lowest BCUT2D eigenvalue weighted by atomic mass is 9.84. The van der Waals surface area contributed by atoms with Gasteiger partial charge in [0.1, 0.15) is 0 Å². The van der Waals surface area contributed by atoms with Crippen molar-refractivity contribution in [2.75, 3.05) is 0 Å². The molecule has 0 bridgehead atoms. The summed E-state index contributed by atoms with van der Waals surface area (Å²) in [5.74, 6) is 0.0495. The van der Waals surface area contributed by atoms with Crippen molar-refractivity contribution in [3.63, 3.8) is 0 Å². The van der Waals surface area contributed by atoms with Crippen LogP contribution in [0.25, 0.3) is 0 Å². The number of Topliss-reactive ketones (excluding diaryl/α,β-unsaturated/α-hetero) is 1. The van der Waals surface area contributed by atoms with Crippen molar-refractivity contribution < 1.29 is 13.2 Å². The van der Waals surface area contributed by atoms with Gasteiger partial charge in [-0.15, -0.1) is 0 Å². The molecular weight excluding hydrogens is 298 g/mol. The van der Waals surface area contributed by atoms with Crippen LogP contribution in [0.3, 0.4) is 0 Å². The van der Waals surface area contributed by atoms with Gasteiger partial charge in [-0.3, -0.25) is 4.79 Å². The first-order valence-corrected chi connectivity index (χ1v) is 9.25. The summed E-state index contributed by atoms with van der Waals surface area (Å²) >= 11 is 0. The minimum absolute atomic E-state index is 0.0714. The van der Waals surface area contributed by atoms with E-state index in [4.69, 9.17) is 0 Å². The zero-order chi connectivity index (χ0) is 17.0. The molecule has 0 heterocycles. The molecule has 22 heavy (non-hydrogen) atoms. The van der Waals surface area contributed by atoms with E-state index in [9.17, 15) is 13.2 Å². The highest BCUT2D eigenvalue weighted by atomic mass is 32.2. The van der Waals surface area contributed by atoms with E-state index < -0.39 is 21.5 Å². The summed E-state index contributed by atoms with van der Waals surface area (Å²) in [6.45, 7) is 9.40. The largest absolute Gasteiger partial charge is 0.297 e. The summed E-state index contributed by atoms with van der Waals surface area (Å²) in [4.78, 5) is 12.5. The van der Waals surface area contributed by atoms with Crippen LogP contribution in [-0.4, -0.2) is 20.2 Å². The van der Waals surface area contributed by atoms with Crippen LogP contribution >= 0.6 is 0 Å². The quantitative estimate of drug-likeness (QED) is 0.837. The summed E-state index contributed by atoms with van der Waals surface area (Å²) in [6.07, 6.45) is 0.504. The molecule has 0 unspecified atom stereocenters. The molecule has 0 saturated heterocycles. The summed E-state index contributed by atoms with van der Waals surface area (Å²) in [5.41, 5.74) is 0.135. The van der Waals surface area contributed by atoms with Gasteiger partial charge in [-0.2, -0.15) is 0 Å². The molecule has 4 nitrogen and oxygen atoms in total. The van der Waals surface area contributed by atoms with Gasteiger partial charge < -0.3 is 0 Å². The lowest BCUT2D eigenvalue weighted by Crippen LogP contribution is -2.46. The number of carbonyl (C=O) groups excluding carboxylic acids is 1. The van der Waals surface area contributed by atoms with Crippen molar-refractivity contribution in [2.45, 2.75) is 52.8 Å². The highest BCUT2D eigenvalue weighted by Crippen LogP contribution is 2.21. The fourth-order valence-corrected chi connectivity index (χ4v) is 3.61. The van der Waals surface area contributed by atoms with Crippen molar-refractivity contribution >= 4 is 15.8 Å². The van der Waals surface area contributed by atoms with Gasteiger partial charge >= 0.3 is 0 Å². The number of carbonyl (C=O) groups is 1. The Labute approximate surface area is 134 Å². The van der Waals surface area contributed by atoms with Gasteiger partial charge in [-0.1, -0.05) is 65.0 Å². The Balaban J connectivity index is 2.90. The predicted molar refractivity (Wildman–Crippen MR) is 89.9 cm³/mol. The highest BCUT2D eigenvalue weighted by Gasteiger charge is 2.32. The van der Waals surface area contributed by atoms with Crippen molar-refractivity contribution in [3.05, 3.63) is 35.9 Å². The summed E-state index contributed by atoms with van der Waals surface area (Å²) in [7, 11) is -3.56. The van der Waals surface area contributed by atoms with E-state index in [-0.39, 0.29) is 17.5 Å². The Bertz CT molecular complexity index is 586. The summed E-state index contributed by atoms with van der Waals surface area (Å²) in [5, 5.41) is 0. The fraction of sp³-hybridized carbons (Fsp3) is 0.588. The van der Waals surface area contributed by atoms with Crippen LogP contribution in [0.4, 0.5) is 0 Å². The van der Waals surface area contributed by atoms with Crippen molar-refractivity contribution in [2.24, 2.45) is 11.3 Å². The molecule has 0 saturated carbocycles. The minimum Gasteiger partial charge on any atom is -0.297 e. The average molecular weight is 325 g/mol. The first-order chi connectivity index (χ1) is 10.0. The standard InChI is InChI=1S/C17H27NO3S/c1-13(2)11-15(16(19)17(3,4)5)18-22(20,21)12-14-9-7-6-8-10-14/h6-10,13,15,18H,11-12H2,1-5H3/t15-/m1/s1. The molecule has 1 aromatic rings. The molecule has 0 radical (unpaired) electrons. The average Bonchev–Trinajstić information content (AvgIpc) is 2.35. The first kappa shape index (κ1) is 18.8. The smallest absolute Gasteiger partial charge is 0.216 e. The third kappa shape index (κ3) is 6.28. The zero-order valence-electron chi connectivity index (χ0n) is 14.1. The van der Waals surface area contributed by atoms with E-state index >= 15 is 0 Å². The van der Waals surface area contributed by atoms with E-state index in [0.717, 1.165) is 0 Å². The van der Waals surface area contributed by atoms with Crippen molar-refractivity contribution in [3.8, 4) is 0 Å². The normalized spacial score (nSPS) is 14.1. The summed E-state index contributed by atoms with van der Waals surface area (Å²) in [6, 6.07) is 8.31. The first-order valence-electron chi connectivity index (χ1n) is 7.59. The molecule has 1 rings (SSSR count). The second-order valence-electron chi connectivity index (χ2n) is 7.16. The molecule has 0 aliphatic rings. The number of hydrogen-bond donors (Lipinski definition) is 1. The Morgan fingerprint density at radius 2 is 1.68 bits per heavy atom. The molecule has 1 atom stereocenters. The molecule has 0 amide bonds. The van der Waals surface area contributed by atoms with Crippen LogP contribution in [-0.2, 0) is 20.6 Å². The maximum absolute atomic E-state index is 12.5. The van der Waals surface area contributed by atoms with E-state index in [1.165, 1.54) is 0 Å². The molecule has 0 aliphatic heterocycles. The van der Waals surface area contributed by atoms with Crippen molar-refractivity contribution in [1.29, 1.82) is 0 Å². The molecule has 0 spiro atoms. The fourth-order valence-electron chi connectivity index (χ4n) is 2.25. The van der Waals surface area contributed by atoms with Gasteiger partial charge in [0.05, 0.1) is 11.8 Å². The topological polar surface area (TPSA) is 63.2 Å². The number of nitrogens with one attached hydrogen (secondary N) is 1. The number of ketones is 1. The molecule has 0 fully saturated rings. The number of benzene rings is 1. The lowest BCUT2D eigenvalue weighted by Gasteiger charge is -2.26. The molecule has 124 valence electrons. The number of hydrogen-bond acceptors (Lipinski definition) is 3. The van der Waals surface area contributed by atoms with Gasteiger partial charge in [0, 0.05) is 5.41 Å². The van der Waals surface area contributed by atoms with E-state index in [1.807, 2.05) is 40.7 Å². The maximum atomic E-state index is 12.5. The Morgan fingerprint density at radius 1 is 1.14 bits per heavy atom. The monoisotopic (exact) mass is 325 g/mol. The van der Waals surface area contributed by atoms with Gasteiger partial charge in [0.2, 0.25) is 10.0 Å². The van der Waals surface area contributed by atoms with E-state index in [2.05, 4.69) is 4.72 Å². The molecule has 5 heteroatoms. The SMILES string of the molecule is CC(C)C[C@@H](NS(=O)(=O)Cc1ccccc1)C(=O)C(C)(C)C. The molecule has 1 aromatic carbocycles. The van der Waals surface area contributed by atoms with Crippen LogP contribution in [0.1, 0.15) is 46.6 Å². The van der Waals surface area contributed by atoms with Crippen LogP contribution in [0.2, 0.25) is 0 Å². The summed E-state index contributed by atoms with van der Waals surface area (Å²) < 4.78 is 27.3. The van der Waals surface area contributed by atoms with Crippen molar-refractivity contribution in [1.82, 2.24) is 4.72 Å². The van der Waals surface area contributed by atoms with Crippen LogP contribution in [0.5, 0.6) is 0 Å². The van der Waals surface area contributed by atoms with E-state index in [0.29, 0.717) is 12.0 Å². The Hall–Kier alpha value is -1.20. The maximum Gasteiger partial charge on any atom is 0.216 e. The second kappa shape index (κ2) is 7.38. The van der Waals surface area contributed by atoms with Crippen LogP contribution in [0, 0.1) is 11.3 Å². The van der Waals surface area contributed by atoms with Gasteiger partial charge in [-0.25, -0.2) is 13.1 Å². The molecule has 0 aromatic heterocycles. The van der Waals surface area contributed by atoms with E-state index in [1.54, 1.807) is 24.3 Å². The molecule has 0 aliphatic carbocycles. The highest BCUT2D eigenvalue weighted by molar-refractivity contribution is 7.88. The van der Waals surface area contributed by atoms with Crippen LogP contribution < -0.4 is 4.72 Å². The Morgan fingerprint density at radius 3 is 2.14 bits per heavy atom. The predicted octanol–water partition coefficient (Wildman–Crippen LogP) is 3.14. The molecular formula is C17H27NO3S. The third-order valence-corrected chi connectivity index (χ3v) is 4.64. The zero-order valence-corrected chi connectivity index (χ0v) is 14.9. The van der Waals surface area contributed by atoms with Gasteiger partial charge in [0.25, 0.3) is 0 Å².